The Kier molecular flexibility index (Phi) is 6.12. The second-order valence-corrected chi connectivity index (χ2v) is 8.87. The van der Waals surface area contributed by atoms with Crippen LogP contribution in [0.5, 0.6) is 0 Å². The van der Waals surface area contributed by atoms with Gasteiger partial charge in [0, 0.05) is 30.2 Å². The van der Waals surface area contributed by atoms with E-state index in [9.17, 15) is 9.59 Å². The Balaban J connectivity index is 2.15. The molecule has 0 aliphatic heterocycles. The lowest BCUT2D eigenvalue weighted by Crippen LogP contribution is -2.27. The second kappa shape index (κ2) is 8.00. The summed E-state index contributed by atoms with van der Waals surface area (Å²) < 4.78 is 1.85. The summed E-state index contributed by atoms with van der Waals surface area (Å²) in [6.07, 6.45) is 3.22. The predicted octanol–water partition coefficient (Wildman–Crippen LogP) is 4.55. The fraction of sp³-hybridized carbons (Fsp3) is 0.409. The maximum Gasteiger partial charge on any atom is 0.249 e. The van der Waals surface area contributed by atoms with Crippen LogP contribution in [0.15, 0.2) is 36.4 Å². The summed E-state index contributed by atoms with van der Waals surface area (Å²) in [5.41, 5.74) is 2.15. The molecule has 0 aliphatic carbocycles. The van der Waals surface area contributed by atoms with Gasteiger partial charge in [-0.3, -0.25) is 9.59 Å². The van der Waals surface area contributed by atoms with E-state index in [2.05, 4.69) is 52.2 Å². The van der Waals surface area contributed by atoms with Crippen LogP contribution in [0.2, 0.25) is 0 Å². The molecule has 0 saturated heterocycles. The maximum absolute atomic E-state index is 12.4. The quantitative estimate of drug-likeness (QED) is 0.762. The highest BCUT2D eigenvalue weighted by Gasteiger charge is 2.25. The summed E-state index contributed by atoms with van der Waals surface area (Å²) in [6, 6.07) is 9.20. The summed E-state index contributed by atoms with van der Waals surface area (Å²) >= 11 is 0. The molecule has 0 unspecified atom stereocenters. The highest BCUT2D eigenvalue weighted by Crippen LogP contribution is 2.28. The Morgan fingerprint density at radius 3 is 2.11 bits per heavy atom. The van der Waals surface area contributed by atoms with Crippen molar-refractivity contribution in [3.63, 3.8) is 0 Å². The molecule has 0 bridgehead atoms. The number of amides is 2. The van der Waals surface area contributed by atoms with Gasteiger partial charge in [0.15, 0.2) is 0 Å². The van der Waals surface area contributed by atoms with Gasteiger partial charge in [-0.25, -0.2) is 4.68 Å². The standard InChI is InChI=1S/C22H30N4O2/c1-15(27)23-17-11-8-16(9-12-17)10-13-20(28)24-19-14-18(21(2,3)4)25-26(19)22(5,6)7/h8-14H,1-7H3,(H,23,27)(H,24,28)/b13-10+. The Morgan fingerprint density at radius 1 is 1.00 bits per heavy atom. The van der Waals surface area contributed by atoms with Crippen LogP contribution in [-0.2, 0) is 20.5 Å². The van der Waals surface area contributed by atoms with Gasteiger partial charge in [-0.15, -0.1) is 0 Å². The lowest BCUT2D eigenvalue weighted by molar-refractivity contribution is -0.114. The third-order valence-corrected chi connectivity index (χ3v) is 4.02. The Bertz CT molecular complexity index is 879. The molecule has 1 heterocycles. The average molecular weight is 383 g/mol. The molecule has 2 aromatic rings. The fourth-order valence-corrected chi connectivity index (χ4v) is 2.57. The molecule has 2 N–H and O–H groups in total. The molecule has 28 heavy (non-hydrogen) atoms. The molecule has 150 valence electrons. The van der Waals surface area contributed by atoms with E-state index in [1.807, 2.05) is 22.9 Å². The Labute approximate surface area is 167 Å². The Morgan fingerprint density at radius 2 is 1.61 bits per heavy atom. The van der Waals surface area contributed by atoms with Gasteiger partial charge in [-0.1, -0.05) is 32.9 Å². The zero-order valence-electron chi connectivity index (χ0n) is 17.8. The monoisotopic (exact) mass is 382 g/mol. The molecule has 1 aromatic heterocycles. The van der Waals surface area contributed by atoms with Crippen molar-refractivity contribution in [1.82, 2.24) is 9.78 Å². The van der Waals surface area contributed by atoms with Crippen molar-refractivity contribution in [1.29, 1.82) is 0 Å². The highest BCUT2D eigenvalue weighted by atomic mass is 16.2. The van der Waals surface area contributed by atoms with E-state index < -0.39 is 0 Å². The minimum Gasteiger partial charge on any atom is -0.326 e. The van der Waals surface area contributed by atoms with E-state index >= 15 is 0 Å². The molecule has 0 aliphatic rings. The van der Waals surface area contributed by atoms with Crippen molar-refractivity contribution in [3.8, 4) is 0 Å². The van der Waals surface area contributed by atoms with E-state index in [0.717, 1.165) is 16.9 Å². The van der Waals surface area contributed by atoms with Gasteiger partial charge in [0.05, 0.1) is 11.2 Å². The molecule has 6 nitrogen and oxygen atoms in total. The lowest BCUT2D eigenvalue weighted by atomic mass is 9.92. The first-order valence-electron chi connectivity index (χ1n) is 9.34. The van der Waals surface area contributed by atoms with Crippen LogP contribution in [0.25, 0.3) is 6.08 Å². The zero-order chi connectivity index (χ0) is 21.1. The number of benzene rings is 1. The summed E-state index contributed by atoms with van der Waals surface area (Å²) in [6.45, 7) is 13.9. The van der Waals surface area contributed by atoms with Crippen LogP contribution in [0, 0.1) is 0 Å². The second-order valence-electron chi connectivity index (χ2n) is 8.87. The number of aromatic nitrogens is 2. The van der Waals surface area contributed by atoms with Gasteiger partial charge in [-0.2, -0.15) is 5.10 Å². The predicted molar refractivity (Wildman–Crippen MR) is 114 cm³/mol. The van der Waals surface area contributed by atoms with Crippen LogP contribution in [0.1, 0.15) is 59.7 Å². The first-order chi connectivity index (χ1) is 12.9. The normalized spacial score (nSPS) is 12.2. The third kappa shape index (κ3) is 5.81. The van der Waals surface area contributed by atoms with Crippen LogP contribution in [0.3, 0.4) is 0 Å². The van der Waals surface area contributed by atoms with Gasteiger partial charge in [0.1, 0.15) is 5.82 Å². The van der Waals surface area contributed by atoms with Gasteiger partial charge in [0.25, 0.3) is 0 Å². The van der Waals surface area contributed by atoms with Gasteiger partial charge in [-0.05, 0) is 44.5 Å². The molecule has 6 heteroatoms. The smallest absolute Gasteiger partial charge is 0.249 e. The number of rotatable bonds is 4. The van der Waals surface area contributed by atoms with Crippen LogP contribution < -0.4 is 10.6 Å². The first kappa shape index (κ1) is 21.4. The minimum absolute atomic E-state index is 0.110. The number of hydrogen-bond donors (Lipinski definition) is 2. The van der Waals surface area contributed by atoms with Crippen LogP contribution in [0.4, 0.5) is 11.5 Å². The fourth-order valence-electron chi connectivity index (χ4n) is 2.57. The topological polar surface area (TPSA) is 76.0 Å². The molecule has 0 atom stereocenters. The van der Waals surface area contributed by atoms with E-state index in [-0.39, 0.29) is 22.8 Å². The molecule has 0 fully saturated rings. The number of carbonyl (C=O) groups is 2. The van der Waals surface area contributed by atoms with Crippen molar-refractivity contribution in [2.45, 2.75) is 59.4 Å². The molecule has 1 aromatic carbocycles. The van der Waals surface area contributed by atoms with Gasteiger partial charge in [0.2, 0.25) is 11.8 Å². The van der Waals surface area contributed by atoms with E-state index in [4.69, 9.17) is 5.10 Å². The number of anilines is 2. The largest absolute Gasteiger partial charge is 0.326 e. The molecule has 2 rings (SSSR count). The Hall–Kier alpha value is -2.89. The number of nitrogens with one attached hydrogen (secondary N) is 2. The average Bonchev–Trinajstić information content (AvgIpc) is 2.98. The van der Waals surface area contributed by atoms with Gasteiger partial charge >= 0.3 is 0 Å². The first-order valence-corrected chi connectivity index (χ1v) is 9.34. The summed E-state index contributed by atoms with van der Waals surface area (Å²) in [5.74, 6) is 0.331. The van der Waals surface area contributed by atoms with Crippen molar-refractivity contribution in [2.24, 2.45) is 0 Å². The highest BCUT2D eigenvalue weighted by molar-refractivity contribution is 6.01. The zero-order valence-corrected chi connectivity index (χ0v) is 17.8. The molecule has 2 amide bonds. The third-order valence-electron chi connectivity index (χ3n) is 4.02. The summed E-state index contributed by atoms with van der Waals surface area (Å²) in [7, 11) is 0. The summed E-state index contributed by atoms with van der Waals surface area (Å²) in [5, 5.41) is 10.3. The van der Waals surface area contributed by atoms with E-state index in [1.165, 1.54) is 13.0 Å². The van der Waals surface area contributed by atoms with Crippen LogP contribution >= 0.6 is 0 Å². The SMILES string of the molecule is CC(=O)Nc1ccc(/C=C/C(=O)Nc2cc(C(C)(C)C)nn2C(C)(C)C)cc1. The molecule has 0 spiro atoms. The molecular formula is C22H30N4O2. The summed E-state index contributed by atoms with van der Waals surface area (Å²) in [4.78, 5) is 23.5. The molecule has 0 saturated carbocycles. The lowest BCUT2D eigenvalue weighted by Gasteiger charge is -2.22. The number of hydrogen-bond acceptors (Lipinski definition) is 3. The molecule has 0 radical (unpaired) electrons. The van der Waals surface area contributed by atoms with Crippen molar-refractivity contribution < 1.29 is 9.59 Å². The molecular weight excluding hydrogens is 352 g/mol. The van der Waals surface area contributed by atoms with Crippen molar-refractivity contribution in [3.05, 3.63) is 47.7 Å². The minimum atomic E-state index is -0.255. The van der Waals surface area contributed by atoms with Crippen molar-refractivity contribution >= 4 is 29.4 Å². The van der Waals surface area contributed by atoms with E-state index in [1.54, 1.807) is 18.2 Å². The van der Waals surface area contributed by atoms with Crippen molar-refractivity contribution in [2.75, 3.05) is 10.6 Å². The maximum atomic E-state index is 12.4. The van der Waals surface area contributed by atoms with Crippen LogP contribution in [-0.4, -0.2) is 21.6 Å². The van der Waals surface area contributed by atoms with E-state index in [0.29, 0.717) is 5.82 Å². The van der Waals surface area contributed by atoms with Gasteiger partial charge < -0.3 is 10.6 Å². The number of nitrogens with zero attached hydrogens (tertiary/aromatic N) is 2. The number of carbonyl (C=O) groups excluding carboxylic acids is 2.